The van der Waals surface area contributed by atoms with E-state index in [4.69, 9.17) is 4.74 Å². The Balaban J connectivity index is 1.20. The van der Waals surface area contributed by atoms with E-state index in [-0.39, 0.29) is 41.8 Å². The highest BCUT2D eigenvalue weighted by atomic mass is 16.5. The molecule has 0 bridgehead atoms. The Labute approximate surface area is 226 Å². The minimum Gasteiger partial charge on any atom is -0.465 e. The van der Waals surface area contributed by atoms with E-state index in [0.717, 1.165) is 63.7 Å². The summed E-state index contributed by atoms with van der Waals surface area (Å²) in [6.45, 7) is 8.23. The number of ether oxygens (including phenoxy) is 1. The van der Waals surface area contributed by atoms with Crippen LogP contribution in [0.4, 0.5) is 4.79 Å². The summed E-state index contributed by atoms with van der Waals surface area (Å²) in [5.41, 5.74) is -0.751. The van der Waals surface area contributed by atoms with Gasteiger partial charge in [-0.2, -0.15) is 0 Å². The fraction of sp³-hybridized carbons (Fsp3) is 0.867. The molecule has 9 atom stereocenters. The van der Waals surface area contributed by atoms with Crippen LogP contribution in [0.2, 0.25) is 0 Å². The van der Waals surface area contributed by atoms with Crippen molar-refractivity contribution in [3.8, 4) is 0 Å². The largest absolute Gasteiger partial charge is 0.465 e. The van der Waals surface area contributed by atoms with Crippen molar-refractivity contribution in [3.05, 3.63) is 11.6 Å². The molecule has 1 saturated heterocycles. The van der Waals surface area contributed by atoms with Crippen LogP contribution in [0.1, 0.15) is 78.1 Å². The lowest BCUT2D eigenvalue weighted by atomic mass is 9.42. The summed E-state index contributed by atoms with van der Waals surface area (Å²) in [4.78, 5) is 28.2. The van der Waals surface area contributed by atoms with Gasteiger partial charge in [0.15, 0.2) is 0 Å². The van der Waals surface area contributed by atoms with Gasteiger partial charge in [0.2, 0.25) is 0 Å². The van der Waals surface area contributed by atoms with Crippen LogP contribution in [0, 0.1) is 34.5 Å². The number of hydrogen-bond acceptors (Lipinski definition) is 6. The summed E-state index contributed by atoms with van der Waals surface area (Å²) in [6, 6.07) is 0.0503. The summed E-state index contributed by atoms with van der Waals surface area (Å²) in [5.74, 6) is 0.367. The molecule has 3 N–H and O–H groups in total. The van der Waals surface area contributed by atoms with Gasteiger partial charge in [0.05, 0.1) is 11.7 Å². The summed E-state index contributed by atoms with van der Waals surface area (Å²) in [6.07, 6.45) is 9.20. The lowest BCUT2D eigenvalue weighted by Gasteiger charge is -2.65. The second-order valence-electron chi connectivity index (χ2n) is 13.8. The summed E-state index contributed by atoms with van der Waals surface area (Å²) < 4.78 is 5.21. The number of carboxylic acid groups (broad SMARTS) is 1. The number of esters is 1. The van der Waals surface area contributed by atoms with Crippen LogP contribution in [0.15, 0.2) is 11.6 Å². The molecule has 2 aliphatic heterocycles. The molecule has 8 nitrogen and oxygen atoms in total. The average molecular weight is 531 g/mol. The topological polar surface area (TPSA) is 111 Å². The third kappa shape index (κ3) is 3.87. The Morgan fingerprint density at radius 1 is 1.11 bits per heavy atom. The monoisotopic (exact) mass is 530 g/mol. The van der Waals surface area contributed by atoms with E-state index < -0.39 is 23.2 Å². The number of cyclic esters (lactones) is 1. The van der Waals surface area contributed by atoms with E-state index in [9.17, 15) is 24.9 Å². The molecule has 2 heterocycles. The van der Waals surface area contributed by atoms with Crippen molar-refractivity contribution in [1.29, 1.82) is 0 Å². The molecule has 6 aliphatic rings. The third-order valence-corrected chi connectivity index (χ3v) is 12.6. The smallest absolute Gasteiger partial charge is 0.407 e. The number of aliphatic hydroxyl groups is 2. The van der Waals surface area contributed by atoms with Gasteiger partial charge in [-0.25, -0.2) is 9.59 Å². The van der Waals surface area contributed by atoms with Gasteiger partial charge < -0.3 is 29.9 Å². The fourth-order valence-corrected chi connectivity index (χ4v) is 10.3. The summed E-state index contributed by atoms with van der Waals surface area (Å²) in [5, 5.41) is 34.2. The molecule has 0 aromatic rings. The number of rotatable bonds is 5. The van der Waals surface area contributed by atoms with E-state index in [2.05, 4.69) is 11.8 Å². The average Bonchev–Trinajstić information content (AvgIpc) is 3.60. The number of amides is 1. The number of fused-ring (bicyclic) bond motifs is 5. The van der Waals surface area contributed by atoms with Crippen LogP contribution in [-0.2, 0) is 9.53 Å². The standard InChI is InChI=1S/C30H46N2O6/c1-28-9-7-21(32(27(35)36)14-13-31-11-3-4-12-31)16-20(28)5-6-23-24(28)17-25(33)29(2)22(8-10-30(23,29)37)19-15-26(34)38-18-19/h15,20-25,33,37H,3-14,16-18H2,1-2H3,(H,35,36)/t20-,21+,22-,23-,24+,25-,28+,29+,30+/m1/s1. The van der Waals surface area contributed by atoms with Crippen LogP contribution in [0.5, 0.6) is 0 Å². The van der Waals surface area contributed by atoms with E-state index in [1.807, 2.05) is 6.92 Å². The molecule has 5 fully saturated rings. The molecule has 8 heteroatoms. The molecule has 0 aromatic carbocycles. The first-order valence-electron chi connectivity index (χ1n) is 15.1. The lowest BCUT2D eigenvalue weighted by Crippen LogP contribution is -2.67. The van der Waals surface area contributed by atoms with Crippen molar-refractivity contribution >= 4 is 12.1 Å². The highest BCUT2D eigenvalue weighted by Gasteiger charge is 2.70. The van der Waals surface area contributed by atoms with Gasteiger partial charge in [0.1, 0.15) is 6.61 Å². The van der Waals surface area contributed by atoms with Crippen molar-refractivity contribution in [1.82, 2.24) is 9.80 Å². The number of nitrogens with zero attached hydrogens (tertiary/aromatic N) is 2. The Hall–Kier alpha value is -1.64. The van der Waals surface area contributed by atoms with E-state index in [1.165, 1.54) is 12.8 Å². The van der Waals surface area contributed by atoms with E-state index >= 15 is 0 Å². The molecule has 4 saturated carbocycles. The van der Waals surface area contributed by atoms with Crippen LogP contribution in [0.3, 0.4) is 0 Å². The van der Waals surface area contributed by atoms with E-state index in [0.29, 0.717) is 25.3 Å². The van der Waals surface area contributed by atoms with Gasteiger partial charge in [-0.1, -0.05) is 13.8 Å². The molecule has 4 aliphatic carbocycles. The molecule has 1 amide bonds. The SMILES string of the molecule is C[C@]12CC[C@H](N(CCN3CCCC3)C(=O)O)C[C@H]1CC[C@@H]1[C@@H]2C[C@@H](O)[C@]2(C)[C@@H](C3=CC(=O)OC3)CC[C@]12O. The van der Waals surface area contributed by atoms with Gasteiger partial charge in [-0.3, -0.25) is 0 Å². The first-order chi connectivity index (χ1) is 18.1. The predicted octanol–water partition coefficient (Wildman–Crippen LogP) is 3.66. The Bertz CT molecular complexity index is 995. The highest BCUT2D eigenvalue weighted by Crippen LogP contribution is 2.70. The molecule has 0 unspecified atom stereocenters. The van der Waals surface area contributed by atoms with Crippen molar-refractivity contribution in [2.24, 2.45) is 34.5 Å². The molecule has 6 rings (SSSR count). The van der Waals surface area contributed by atoms with Gasteiger partial charge in [-0.05, 0) is 112 Å². The normalized spacial score (nSPS) is 46.6. The fourth-order valence-electron chi connectivity index (χ4n) is 10.3. The number of likely N-dealkylation sites (tertiary alicyclic amines) is 1. The molecule has 0 aromatic heterocycles. The zero-order chi connectivity index (χ0) is 26.9. The second kappa shape index (κ2) is 9.48. The predicted molar refractivity (Wildman–Crippen MR) is 141 cm³/mol. The first-order valence-corrected chi connectivity index (χ1v) is 15.1. The van der Waals surface area contributed by atoms with Gasteiger partial charge in [0.25, 0.3) is 0 Å². The Kier molecular flexibility index (Phi) is 6.63. The first kappa shape index (κ1) is 26.6. The van der Waals surface area contributed by atoms with Crippen molar-refractivity contribution in [2.75, 3.05) is 32.8 Å². The minimum absolute atomic E-state index is 0.0135. The maximum Gasteiger partial charge on any atom is 0.407 e. The summed E-state index contributed by atoms with van der Waals surface area (Å²) in [7, 11) is 0. The molecule has 38 heavy (non-hydrogen) atoms. The van der Waals surface area contributed by atoms with Crippen LogP contribution >= 0.6 is 0 Å². The van der Waals surface area contributed by atoms with Gasteiger partial charge in [-0.15, -0.1) is 0 Å². The quantitative estimate of drug-likeness (QED) is 0.465. The van der Waals surface area contributed by atoms with Gasteiger partial charge >= 0.3 is 12.1 Å². The molecule has 0 radical (unpaired) electrons. The second-order valence-corrected chi connectivity index (χ2v) is 13.8. The zero-order valence-electron chi connectivity index (χ0n) is 23.1. The number of hydrogen-bond donors (Lipinski definition) is 3. The highest BCUT2D eigenvalue weighted by molar-refractivity contribution is 5.85. The molecular weight excluding hydrogens is 484 g/mol. The zero-order valence-corrected chi connectivity index (χ0v) is 23.1. The number of aliphatic hydroxyl groups excluding tert-OH is 1. The maximum atomic E-state index is 12.4. The van der Waals surface area contributed by atoms with Crippen molar-refractivity contribution < 1.29 is 29.6 Å². The van der Waals surface area contributed by atoms with Gasteiger partial charge in [0, 0.05) is 30.6 Å². The molecule has 212 valence electrons. The van der Waals surface area contributed by atoms with Crippen molar-refractivity contribution in [2.45, 2.75) is 95.8 Å². The Morgan fingerprint density at radius 2 is 1.87 bits per heavy atom. The summed E-state index contributed by atoms with van der Waals surface area (Å²) >= 11 is 0. The van der Waals surface area contributed by atoms with Crippen LogP contribution in [-0.4, -0.2) is 87.7 Å². The van der Waals surface area contributed by atoms with E-state index in [1.54, 1.807) is 11.0 Å². The lowest BCUT2D eigenvalue weighted by molar-refractivity contribution is -0.243. The number of carbonyl (C=O) groups excluding carboxylic acids is 1. The molecular formula is C30H46N2O6. The minimum atomic E-state index is -0.972. The number of carbonyl (C=O) groups is 2. The third-order valence-electron chi connectivity index (χ3n) is 12.6. The molecule has 0 spiro atoms. The maximum absolute atomic E-state index is 12.4. The van der Waals surface area contributed by atoms with Crippen LogP contribution < -0.4 is 0 Å². The van der Waals surface area contributed by atoms with Crippen LogP contribution in [0.25, 0.3) is 0 Å². The van der Waals surface area contributed by atoms with Crippen molar-refractivity contribution in [3.63, 3.8) is 0 Å². The Morgan fingerprint density at radius 3 is 2.55 bits per heavy atom.